The van der Waals surface area contributed by atoms with Crippen LogP contribution in [0, 0.1) is 0 Å². The molecule has 7 heteroatoms. The summed E-state index contributed by atoms with van der Waals surface area (Å²) in [5, 5.41) is 16.7. The van der Waals surface area contributed by atoms with E-state index < -0.39 is 6.16 Å². The van der Waals surface area contributed by atoms with E-state index in [1.165, 1.54) is 0 Å². The number of carboxylic acid groups (broad SMARTS) is 2. The van der Waals surface area contributed by atoms with Crippen LogP contribution in [-0.4, -0.2) is 6.16 Å². The van der Waals surface area contributed by atoms with Gasteiger partial charge in [0.25, 0.3) is 0 Å². The van der Waals surface area contributed by atoms with Gasteiger partial charge in [0, 0.05) is 0 Å². The zero-order valence-electron chi connectivity index (χ0n) is 5.22. The summed E-state index contributed by atoms with van der Waals surface area (Å²) in [5.41, 5.74) is 0. The number of carbonyl (C=O) groups is 1. The van der Waals surface area contributed by atoms with Crippen LogP contribution in [0.2, 0.25) is 0 Å². The average Bonchev–Trinajstić information content (AvgIpc) is 0.811. The fourth-order valence-electron chi connectivity index (χ4n) is 0. The van der Waals surface area contributed by atoms with Crippen molar-refractivity contribution in [3.63, 3.8) is 0 Å². The molecule has 0 aliphatic carbocycles. The molecule has 3 nitrogen and oxygen atoms in total. The maximum absolute atomic E-state index is 8.33. The van der Waals surface area contributed by atoms with Gasteiger partial charge in [0.2, 0.25) is 0 Å². The van der Waals surface area contributed by atoms with Crippen molar-refractivity contribution in [2.75, 3.05) is 0 Å². The van der Waals surface area contributed by atoms with Crippen LogP contribution in [0.15, 0.2) is 0 Å². The Kier molecular flexibility index (Phi) is 86.0. The molecule has 0 aliphatic heterocycles. The van der Waals surface area contributed by atoms with Crippen molar-refractivity contribution in [2.45, 2.75) is 0 Å². The van der Waals surface area contributed by atoms with Gasteiger partial charge in [0.1, 0.15) is 0 Å². The van der Waals surface area contributed by atoms with Crippen molar-refractivity contribution in [2.24, 2.45) is 0 Å². The third-order valence-corrected chi connectivity index (χ3v) is 0. The van der Waals surface area contributed by atoms with Crippen molar-refractivity contribution in [3.8, 4) is 0 Å². The van der Waals surface area contributed by atoms with Crippen LogP contribution in [0.3, 0.4) is 0 Å². The zero-order chi connectivity index (χ0) is 3.58. The Bertz CT molecular complexity index is 37.5. The molecule has 0 heterocycles. The van der Waals surface area contributed by atoms with Gasteiger partial charge in [-0.15, -0.1) is 0 Å². The van der Waals surface area contributed by atoms with Gasteiger partial charge >= 0.3 is 110 Å². The predicted octanol–water partition coefficient (Wildman–Crippen LogP) is -11.4. The molecule has 0 aliphatic rings. The zero-order valence-corrected chi connectivity index (χ0v) is 12.8. The summed E-state index contributed by atoms with van der Waals surface area (Å²) in [6, 6.07) is 0. The van der Waals surface area contributed by atoms with Gasteiger partial charge in [-0.1, -0.05) is 0 Å². The molecule has 0 radical (unpaired) electrons. The molecule has 0 amide bonds. The Morgan fingerprint density at radius 1 is 1.00 bits per heavy atom. The summed E-state index contributed by atoms with van der Waals surface area (Å²) in [4.78, 5) is 8.33. The summed E-state index contributed by atoms with van der Waals surface area (Å²) in [6.45, 7) is 0. The van der Waals surface area contributed by atoms with E-state index in [0.717, 1.165) is 0 Å². The van der Waals surface area contributed by atoms with Gasteiger partial charge in [-0.2, -0.15) is 0 Å². The van der Waals surface area contributed by atoms with E-state index in [1.54, 1.807) is 0 Å². The van der Waals surface area contributed by atoms with Gasteiger partial charge in [-0.25, -0.2) is 0 Å². The SMILES string of the molecule is O=C([O-])[O-].[Na+].[Na+].[Na+].[Ti+4]. The first-order valence-electron chi connectivity index (χ1n) is 0.612. The van der Waals surface area contributed by atoms with Gasteiger partial charge in [-0.05, 0) is 6.16 Å². The van der Waals surface area contributed by atoms with Gasteiger partial charge in [0.15, 0.2) is 0 Å². The third-order valence-electron chi connectivity index (χ3n) is 0. The maximum atomic E-state index is 8.33. The summed E-state index contributed by atoms with van der Waals surface area (Å²) < 4.78 is 0. The van der Waals surface area contributed by atoms with Gasteiger partial charge < -0.3 is 15.0 Å². The Morgan fingerprint density at radius 3 is 1.00 bits per heavy atom. The minimum atomic E-state index is -2.33. The second-order valence-corrected chi connectivity index (χ2v) is 0.250. The van der Waals surface area contributed by atoms with Crippen molar-refractivity contribution >= 4 is 6.16 Å². The first-order chi connectivity index (χ1) is 1.73. The minimum Gasteiger partial charge on any atom is -0.652 e. The number of carbonyl (C=O) groups excluding carboxylic acids is 1. The molecule has 0 rings (SSSR count). The summed E-state index contributed by atoms with van der Waals surface area (Å²) in [6.07, 6.45) is -2.33. The monoisotopic (exact) mass is 177 g/mol. The van der Waals surface area contributed by atoms with Crippen LogP contribution in [0.1, 0.15) is 0 Å². The predicted molar refractivity (Wildman–Crippen MR) is 5.40 cm³/mol. The van der Waals surface area contributed by atoms with Crippen molar-refractivity contribution in [1.29, 1.82) is 0 Å². The Balaban J connectivity index is -0.00000000750. The van der Waals surface area contributed by atoms with E-state index in [0.29, 0.717) is 0 Å². The van der Waals surface area contributed by atoms with E-state index in [1.807, 2.05) is 0 Å². The molecule has 0 N–H and O–H groups in total. The Hall–Kier alpha value is 2.98. The van der Waals surface area contributed by atoms with E-state index in [9.17, 15) is 0 Å². The molecule has 0 saturated carbocycles. The molecule has 0 bridgehead atoms. The first-order valence-corrected chi connectivity index (χ1v) is 0.612. The van der Waals surface area contributed by atoms with Crippen LogP contribution >= 0.6 is 0 Å². The normalized spacial score (nSPS) is 3.00. The molecule has 0 atom stereocenters. The standard InChI is InChI=1S/CH2O3.3Na.Ti/c2-1(3)4;;;;/h(H2,2,3,4);;;;/q;3*+1;+4/p-2. The van der Waals surface area contributed by atoms with Crippen LogP contribution in [-0.2, 0) is 21.7 Å². The average molecular weight is 177 g/mol. The number of hydrogen-bond donors (Lipinski definition) is 0. The fourth-order valence-corrected chi connectivity index (χ4v) is 0. The van der Waals surface area contributed by atoms with Crippen molar-refractivity contribution in [3.05, 3.63) is 0 Å². The molecule has 0 aromatic heterocycles. The molecule has 0 aromatic rings. The van der Waals surface area contributed by atoms with E-state index >= 15 is 0 Å². The Morgan fingerprint density at radius 2 is 1.00 bits per heavy atom. The quantitative estimate of drug-likeness (QED) is 0.345. The van der Waals surface area contributed by atoms with Crippen molar-refractivity contribution in [1.82, 2.24) is 0 Å². The number of rotatable bonds is 0. The van der Waals surface area contributed by atoms with E-state index in [4.69, 9.17) is 15.0 Å². The first kappa shape index (κ1) is 30.6. The van der Waals surface area contributed by atoms with Crippen LogP contribution < -0.4 is 98.9 Å². The second kappa shape index (κ2) is 22.5. The van der Waals surface area contributed by atoms with E-state index in [2.05, 4.69) is 0 Å². The van der Waals surface area contributed by atoms with Crippen LogP contribution in [0.4, 0.5) is 4.79 Å². The molecule has 0 aromatic carbocycles. The topological polar surface area (TPSA) is 63.2 Å². The smallest absolute Gasteiger partial charge is 0.652 e. The van der Waals surface area contributed by atoms with Crippen LogP contribution in [0.25, 0.3) is 0 Å². The number of hydrogen-bond acceptors (Lipinski definition) is 3. The minimum absolute atomic E-state index is 0. The van der Waals surface area contributed by atoms with Crippen LogP contribution in [0.5, 0.6) is 0 Å². The summed E-state index contributed by atoms with van der Waals surface area (Å²) in [7, 11) is 0. The fraction of sp³-hybridized carbons (Fsp3) is 0. The molecular weight excluding hydrogens is 177 g/mol. The molecule has 0 unspecified atom stereocenters. The molecule has 0 saturated heterocycles. The molecule has 0 spiro atoms. The maximum Gasteiger partial charge on any atom is 4.00 e. The molecule has 0 fully saturated rings. The second-order valence-electron chi connectivity index (χ2n) is 0.250. The summed E-state index contributed by atoms with van der Waals surface area (Å²) in [5.74, 6) is 0. The van der Waals surface area contributed by atoms with E-state index in [-0.39, 0.29) is 110 Å². The molecule has 24 valence electrons. The van der Waals surface area contributed by atoms with Gasteiger partial charge in [0.05, 0.1) is 0 Å². The molecular formula is CNa3O3Ti+5. The largest absolute Gasteiger partial charge is 4.00 e. The summed E-state index contributed by atoms with van der Waals surface area (Å²) >= 11 is 0. The van der Waals surface area contributed by atoms with Gasteiger partial charge in [-0.3, -0.25) is 0 Å². The third kappa shape index (κ3) is 64.3. The van der Waals surface area contributed by atoms with Crippen molar-refractivity contribution < 1.29 is 125 Å². The Labute approximate surface area is 129 Å². The molecule has 8 heavy (non-hydrogen) atoms.